The molecule has 1 unspecified atom stereocenters. The highest BCUT2D eigenvalue weighted by Gasteiger charge is 2.25. The third kappa shape index (κ3) is 3.56. The second kappa shape index (κ2) is 5.41. The molecule has 0 aromatic heterocycles. The van der Waals surface area contributed by atoms with Gasteiger partial charge in [0.1, 0.15) is 0 Å². The molecule has 1 heterocycles. The summed E-state index contributed by atoms with van der Waals surface area (Å²) < 4.78 is 23.2. The van der Waals surface area contributed by atoms with E-state index < -0.39 is 9.84 Å². The largest absolute Gasteiger partial charge is 0.306 e. The minimum Gasteiger partial charge on any atom is -0.306 e. The molecule has 0 spiro atoms. The molecule has 1 saturated heterocycles. The lowest BCUT2D eigenvalue weighted by molar-refractivity contribution is 0.437. The van der Waals surface area contributed by atoms with Gasteiger partial charge in [-0.3, -0.25) is 0 Å². The summed E-state index contributed by atoms with van der Waals surface area (Å²) in [6.07, 6.45) is 1.73. The summed E-state index contributed by atoms with van der Waals surface area (Å²) >= 11 is 0. The monoisotopic (exact) mass is 267 g/mol. The molecule has 100 valence electrons. The fourth-order valence-corrected chi connectivity index (χ4v) is 4.11. The molecule has 1 fully saturated rings. The number of hydrogen-bond donors (Lipinski definition) is 1. The summed E-state index contributed by atoms with van der Waals surface area (Å²) in [7, 11) is -2.83. The minimum absolute atomic E-state index is 0.0973. The first-order chi connectivity index (χ1) is 8.46. The van der Waals surface area contributed by atoms with Crippen LogP contribution in [-0.2, 0) is 9.84 Å². The van der Waals surface area contributed by atoms with Crippen LogP contribution in [0.15, 0.2) is 24.3 Å². The number of rotatable bonds is 3. The molecule has 1 N–H and O–H groups in total. The van der Waals surface area contributed by atoms with E-state index in [0.29, 0.717) is 5.75 Å². The molecule has 1 aliphatic heterocycles. The summed E-state index contributed by atoms with van der Waals surface area (Å²) in [4.78, 5) is 0. The number of hydrogen-bond acceptors (Lipinski definition) is 3. The van der Waals surface area contributed by atoms with E-state index in [0.717, 1.165) is 12.8 Å². The van der Waals surface area contributed by atoms with Gasteiger partial charge in [0, 0.05) is 12.1 Å². The van der Waals surface area contributed by atoms with Crippen LogP contribution in [-0.4, -0.2) is 26.0 Å². The van der Waals surface area contributed by atoms with Crippen LogP contribution in [0, 0.1) is 6.92 Å². The van der Waals surface area contributed by atoms with Crippen molar-refractivity contribution >= 4 is 9.84 Å². The van der Waals surface area contributed by atoms with E-state index in [1.54, 1.807) is 0 Å². The van der Waals surface area contributed by atoms with Crippen LogP contribution in [0.2, 0.25) is 0 Å². The maximum atomic E-state index is 11.6. The Morgan fingerprint density at radius 1 is 1.28 bits per heavy atom. The van der Waals surface area contributed by atoms with Crippen molar-refractivity contribution in [3.05, 3.63) is 35.4 Å². The zero-order valence-corrected chi connectivity index (χ0v) is 11.8. The Morgan fingerprint density at radius 2 is 1.94 bits per heavy atom. The average Bonchev–Trinajstić information content (AvgIpc) is 2.28. The van der Waals surface area contributed by atoms with Gasteiger partial charge < -0.3 is 5.32 Å². The topological polar surface area (TPSA) is 46.2 Å². The number of nitrogens with one attached hydrogen (secondary N) is 1. The van der Waals surface area contributed by atoms with E-state index >= 15 is 0 Å². The molecule has 0 aliphatic carbocycles. The molecule has 0 saturated carbocycles. The van der Waals surface area contributed by atoms with Gasteiger partial charge in [0.25, 0.3) is 0 Å². The average molecular weight is 267 g/mol. The lowest BCUT2D eigenvalue weighted by Gasteiger charge is -2.26. The maximum absolute atomic E-state index is 11.6. The second-order valence-electron chi connectivity index (χ2n) is 5.25. The molecule has 0 bridgehead atoms. The Kier molecular flexibility index (Phi) is 4.07. The highest BCUT2D eigenvalue weighted by atomic mass is 32.2. The van der Waals surface area contributed by atoms with E-state index in [9.17, 15) is 8.42 Å². The molecular weight excluding hydrogens is 246 g/mol. The Hall–Kier alpha value is -0.870. The van der Waals surface area contributed by atoms with Gasteiger partial charge in [0.15, 0.2) is 9.84 Å². The molecule has 2 atom stereocenters. The number of benzene rings is 1. The number of aryl methyl sites for hydroxylation is 1. The summed E-state index contributed by atoms with van der Waals surface area (Å²) in [5.74, 6) is 0.632. The van der Waals surface area contributed by atoms with E-state index in [4.69, 9.17) is 0 Å². The molecule has 1 aromatic rings. The third-order valence-corrected chi connectivity index (χ3v) is 5.35. The predicted octanol–water partition coefficient (Wildman–Crippen LogP) is 2.22. The van der Waals surface area contributed by atoms with Gasteiger partial charge >= 0.3 is 0 Å². The lowest BCUT2D eigenvalue weighted by Crippen LogP contribution is -2.41. The van der Waals surface area contributed by atoms with Gasteiger partial charge in [-0.05, 0) is 32.3 Å². The highest BCUT2D eigenvalue weighted by molar-refractivity contribution is 7.91. The normalized spacial score (nSPS) is 24.7. The minimum atomic E-state index is -2.83. The van der Waals surface area contributed by atoms with Crippen LogP contribution >= 0.6 is 0 Å². The van der Waals surface area contributed by atoms with Crippen molar-refractivity contribution in [3.63, 3.8) is 0 Å². The molecule has 4 heteroatoms. The van der Waals surface area contributed by atoms with Crippen molar-refractivity contribution in [1.82, 2.24) is 5.32 Å². The van der Waals surface area contributed by atoms with Crippen molar-refractivity contribution in [3.8, 4) is 0 Å². The smallest absolute Gasteiger partial charge is 0.151 e. The van der Waals surface area contributed by atoms with Gasteiger partial charge in [-0.15, -0.1) is 0 Å². The molecular formula is C14H21NO2S. The lowest BCUT2D eigenvalue weighted by atomic mass is 10.0. The highest BCUT2D eigenvalue weighted by Crippen LogP contribution is 2.18. The van der Waals surface area contributed by atoms with E-state index in [2.05, 4.69) is 43.4 Å². The number of sulfone groups is 1. The molecule has 1 aromatic carbocycles. The van der Waals surface area contributed by atoms with Crippen LogP contribution in [0.5, 0.6) is 0 Å². The molecule has 0 amide bonds. The van der Waals surface area contributed by atoms with Gasteiger partial charge in [-0.25, -0.2) is 8.42 Å². The Labute approximate surface area is 110 Å². The molecule has 18 heavy (non-hydrogen) atoms. The van der Waals surface area contributed by atoms with Gasteiger partial charge in [0.2, 0.25) is 0 Å². The fourth-order valence-electron chi connectivity index (χ4n) is 2.46. The molecule has 3 nitrogen and oxygen atoms in total. The van der Waals surface area contributed by atoms with Gasteiger partial charge in [-0.1, -0.05) is 29.8 Å². The second-order valence-corrected chi connectivity index (χ2v) is 7.48. The first-order valence-electron chi connectivity index (χ1n) is 6.49. The summed E-state index contributed by atoms with van der Waals surface area (Å²) in [6, 6.07) is 8.68. The van der Waals surface area contributed by atoms with Crippen molar-refractivity contribution in [1.29, 1.82) is 0 Å². The van der Waals surface area contributed by atoms with Gasteiger partial charge in [-0.2, -0.15) is 0 Å². The SMILES string of the molecule is Cc1ccc([C@H](C)NC2CCCS(=O)(=O)C2)cc1. The van der Waals surface area contributed by atoms with Crippen molar-refractivity contribution < 1.29 is 8.42 Å². The first-order valence-corrected chi connectivity index (χ1v) is 8.31. The van der Waals surface area contributed by atoms with E-state index in [-0.39, 0.29) is 17.8 Å². The van der Waals surface area contributed by atoms with Crippen molar-refractivity contribution in [2.45, 2.75) is 38.8 Å². The first kappa shape index (κ1) is 13.6. The standard InChI is InChI=1S/C14H21NO2S/c1-11-5-7-13(8-6-11)12(2)15-14-4-3-9-18(16,17)10-14/h5-8,12,14-15H,3-4,9-10H2,1-2H3/t12-,14?/m0/s1. The maximum Gasteiger partial charge on any atom is 0.151 e. The Morgan fingerprint density at radius 3 is 2.56 bits per heavy atom. The van der Waals surface area contributed by atoms with E-state index in [1.165, 1.54) is 11.1 Å². The molecule has 1 aliphatic rings. The van der Waals surface area contributed by atoms with Crippen LogP contribution in [0.3, 0.4) is 0 Å². The van der Waals surface area contributed by atoms with Crippen molar-refractivity contribution in [2.75, 3.05) is 11.5 Å². The van der Waals surface area contributed by atoms with Crippen LogP contribution in [0.25, 0.3) is 0 Å². The Balaban J connectivity index is 1.99. The summed E-state index contributed by atoms with van der Waals surface area (Å²) in [5, 5.41) is 3.43. The van der Waals surface area contributed by atoms with Gasteiger partial charge in [0.05, 0.1) is 11.5 Å². The molecule has 0 radical (unpaired) electrons. The Bertz CT molecular complexity index is 493. The zero-order valence-electron chi connectivity index (χ0n) is 11.0. The summed E-state index contributed by atoms with van der Waals surface area (Å²) in [5.41, 5.74) is 2.45. The van der Waals surface area contributed by atoms with E-state index in [1.807, 2.05) is 0 Å². The summed E-state index contributed by atoms with van der Waals surface area (Å²) in [6.45, 7) is 4.15. The third-order valence-electron chi connectivity index (χ3n) is 3.53. The fraction of sp³-hybridized carbons (Fsp3) is 0.571. The van der Waals surface area contributed by atoms with Crippen molar-refractivity contribution in [2.24, 2.45) is 0 Å². The predicted molar refractivity (Wildman–Crippen MR) is 74.4 cm³/mol. The molecule has 2 rings (SSSR count). The van der Waals surface area contributed by atoms with Crippen LogP contribution in [0.4, 0.5) is 0 Å². The zero-order chi connectivity index (χ0) is 13.2. The van der Waals surface area contributed by atoms with Crippen LogP contribution in [0.1, 0.15) is 36.9 Å². The van der Waals surface area contributed by atoms with Crippen LogP contribution < -0.4 is 5.32 Å². The quantitative estimate of drug-likeness (QED) is 0.913.